The Morgan fingerprint density at radius 2 is 1.87 bits per heavy atom. The number of carboxylic acids is 1. The van der Waals surface area contributed by atoms with Crippen LogP contribution < -0.4 is 10.6 Å². The zero-order valence-electron chi connectivity index (χ0n) is 8.69. The number of urea groups is 1. The molecule has 7 heteroatoms. The Bertz CT molecular complexity index is 221. The van der Waals surface area contributed by atoms with Gasteiger partial charge in [0.1, 0.15) is 0 Å². The predicted molar refractivity (Wildman–Crippen MR) is 51.5 cm³/mol. The number of carbonyl (C=O) groups excluding carboxylic acids is 1. The number of aliphatic hydroxyl groups is 1. The van der Waals surface area contributed by atoms with Crippen LogP contribution in [0, 0.1) is 0 Å². The molecule has 0 fully saturated rings. The number of carboxylic acid groups (broad SMARTS) is 1. The Morgan fingerprint density at radius 1 is 1.33 bits per heavy atom. The maximum Gasteiger partial charge on any atom is 0.334 e. The lowest BCUT2D eigenvalue weighted by molar-refractivity contribution is -0.146. The number of rotatable bonds is 6. The van der Waals surface area contributed by atoms with Crippen LogP contribution in [0.2, 0.25) is 0 Å². The first-order valence-electron chi connectivity index (χ1n) is 4.42. The Morgan fingerprint density at radius 3 is 2.33 bits per heavy atom. The van der Waals surface area contributed by atoms with Crippen LogP contribution >= 0.6 is 0 Å². The zero-order valence-corrected chi connectivity index (χ0v) is 8.69. The van der Waals surface area contributed by atoms with Crippen molar-refractivity contribution in [1.29, 1.82) is 0 Å². The SMILES string of the molecule is COC(C)CNC(=O)NCC(O)C(=O)O. The van der Waals surface area contributed by atoms with Crippen molar-refractivity contribution in [2.75, 3.05) is 20.2 Å². The number of aliphatic carboxylic acids is 1. The molecule has 0 rings (SSSR count). The van der Waals surface area contributed by atoms with Gasteiger partial charge in [-0.2, -0.15) is 0 Å². The summed E-state index contributed by atoms with van der Waals surface area (Å²) in [5.41, 5.74) is 0. The third kappa shape index (κ3) is 6.69. The van der Waals surface area contributed by atoms with E-state index in [2.05, 4.69) is 10.6 Å². The standard InChI is InChI=1S/C8H16N2O5/c1-5(15-2)3-9-8(14)10-4-6(11)7(12)13/h5-6,11H,3-4H2,1-2H3,(H,12,13)(H2,9,10,14). The number of aliphatic hydroxyl groups excluding tert-OH is 1. The van der Waals surface area contributed by atoms with Gasteiger partial charge < -0.3 is 25.6 Å². The van der Waals surface area contributed by atoms with Gasteiger partial charge in [0.05, 0.1) is 12.6 Å². The summed E-state index contributed by atoms with van der Waals surface area (Å²) < 4.78 is 4.88. The number of hydrogen-bond acceptors (Lipinski definition) is 4. The minimum Gasteiger partial charge on any atom is -0.479 e. The second-order valence-corrected chi connectivity index (χ2v) is 2.99. The first kappa shape index (κ1) is 13.7. The summed E-state index contributed by atoms with van der Waals surface area (Å²) in [6.07, 6.45) is -1.71. The number of hydrogen-bond donors (Lipinski definition) is 4. The third-order valence-electron chi connectivity index (χ3n) is 1.69. The molecule has 2 atom stereocenters. The number of nitrogens with one attached hydrogen (secondary N) is 2. The van der Waals surface area contributed by atoms with E-state index in [1.165, 1.54) is 7.11 Å². The summed E-state index contributed by atoms with van der Waals surface area (Å²) in [6, 6.07) is -0.542. The van der Waals surface area contributed by atoms with Crippen molar-refractivity contribution in [1.82, 2.24) is 10.6 Å². The average Bonchev–Trinajstić information content (AvgIpc) is 2.21. The zero-order chi connectivity index (χ0) is 11.8. The van der Waals surface area contributed by atoms with Crippen molar-refractivity contribution in [3.8, 4) is 0 Å². The van der Waals surface area contributed by atoms with Crippen molar-refractivity contribution in [3.05, 3.63) is 0 Å². The predicted octanol–water partition coefficient (Wildman–Crippen LogP) is -1.23. The topological polar surface area (TPSA) is 108 Å². The van der Waals surface area contributed by atoms with E-state index >= 15 is 0 Å². The normalized spacial score (nSPS) is 14.1. The maximum absolute atomic E-state index is 11.0. The molecule has 0 saturated heterocycles. The fourth-order valence-corrected chi connectivity index (χ4v) is 0.659. The van der Waals surface area contributed by atoms with Gasteiger partial charge >= 0.3 is 12.0 Å². The van der Waals surface area contributed by atoms with E-state index in [0.717, 1.165) is 0 Å². The molecule has 0 radical (unpaired) electrons. The Hall–Kier alpha value is -1.34. The van der Waals surface area contributed by atoms with Gasteiger partial charge in [-0.25, -0.2) is 9.59 Å². The van der Waals surface area contributed by atoms with Crippen molar-refractivity contribution < 1.29 is 24.5 Å². The van der Waals surface area contributed by atoms with Crippen LogP contribution in [0.25, 0.3) is 0 Å². The fraction of sp³-hybridized carbons (Fsp3) is 0.750. The molecule has 0 aliphatic heterocycles. The lowest BCUT2D eigenvalue weighted by atomic mass is 10.3. The second kappa shape index (κ2) is 7.02. The van der Waals surface area contributed by atoms with Crippen LogP contribution in [0.4, 0.5) is 4.79 Å². The number of carbonyl (C=O) groups is 2. The lowest BCUT2D eigenvalue weighted by Crippen LogP contribution is -2.44. The van der Waals surface area contributed by atoms with Gasteiger partial charge in [-0.3, -0.25) is 0 Å². The summed E-state index contributed by atoms with van der Waals surface area (Å²) >= 11 is 0. The summed E-state index contributed by atoms with van der Waals surface area (Å²) in [6.45, 7) is 1.75. The van der Waals surface area contributed by atoms with Crippen LogP contribution in [-0.2, 0) is 9.53 Å². The fourth-order valence-electron chi connectivity index (χ4n) is 0.659. The molecule has 0 saturated carbocycles. The number of ether oxygens (including phenoxy) is 1. The van der Waals surface area contributed by atoms with Crippen molar-refractivity contribution >= 4 is 12.0 Å². The molecule has 7 nitrogen and oxygen atoms in total. The van der Waals surface area contributed by atoms with E-state index in [0.29, 0.717) is 6.54 Å². The molecule has 0 aromatic rings. The van der Waals surface area contributed by atoms with E-state index in [1.807, 2.05) is 0 Å². The molecular formula is C8H16N2O5. The van der Waals surface area contributed by atoms with Gasteiger partial charge in [0.2, 0.25) is 0 Å². The summed E-state index contributed by atoms with van der Waals surface area (Å²) in [4.78, 5) is 21.2. The van der Waals surface area contributed by atoms with Gasteiger partial charge in [0, 0.05) is 13.7 Å². The molecule has 15 heavy (non-hydrogen) atoms. The molecule has 0 spiro atoms. The molecular weight excluding hydrogens is 204 g/mol. The van der Waals surface area contributed by atoms with Crippen LogP contribution in [0.15, 0.2) is 0 Å². The lowest BCUT2D eigenvalue weighted by Gasteiger charge is -2.12. The van der Waals surface area contributed by atoms with Crippen molar-refractivity contribution in [2.24, 2.45) is 0 Å². The minimum absolute atomic E-state index is 0.125. The van der Waals surface area contributed by atoms with Crippen molar-refractivity contribution in [3.63, 3.8) is 0 Å². The minimum atomic E-state index is -1.59. The Kier molecular flexibility index (Phi) is 6.39. The highest BCUT2D eigenvalue weighted by atomic mass is 16.5. The molecule has 0 bridgehead atoms. The van der Waals surface area contributed by atoms with Gasteiger partial charge in [0.25, 0.3) is 0 Å². The second-order valence-electron chi connectivity index (χ2n) is 2.99. The molecule has 0 aromatic carbocycles. The highest BCUT2D eigenvalue weighted by Gasteiger charge is 2.13. The summed E-state index contributed by atoms with van der Waals surface area (Å²) in [5.74, 6) is -1.37. The first-order valence-corrected chi connectivity index (χ1v) is 4.42. The summed E-state index contributed by atoms with van der Waals surface area (Å²) in [5, 5.41) is 21.8. The number of methoxy groups -OCH3 is 1. The maximum atomic E-state index is 11.0. The van der Waals surface area contributed by atoms with Crippen LogP contribution in [0.3, 0.4) is 0 Å². The Labute approximate surface area is 87.4 Å². The first-order chi connectivity index (χ1) is 6.97. The molecule has 88 valence electrons. The van der Waals surface area contributed by atoms with E-state index in [9.17, 15) is 9.59 Å². The third-order valence-corrected chi connectivity index (χ3v) is 1.69. The molecule has 0 aromatic heterocycles. The van der Waals surface area contributed by atoms with E-state index in [1.54, 1.807) is 6.92 Å². The van der Waals surface area contributed by atoms with Crippen LogP contribution in [0.1, 0.15) is 6.92 Å². The van der Waals surface area contributed by atoms with Gasteiger partial charge in [0.15, 0.2) is 6.10 Å². The molecule has 0 aliphatic carbocycles. The van der Waals surface area contributed by atoms with Crippen LogP contribution in [-0.4, -0.2) is 54.6 Å². The van der Waals surface area contributed by atoms with Gasteiger partial charge in [-0.1, -0.05) is 0 Å². The Balaban J connectivity index is 3.62. The molecule has 0 aliphatic rings. The molecule has 2 unspecified atom stereocenters. The van der Waals surface area contributed by atoms with Gasteiger partial charge in [-0.05, 0) is 6.92 Å². The smallest absolute Gasteiger partial charge is 0.334 e. The quantitative estimate of drug-likeness (QED) is 0.448. The molecule has 2 amide bonds. The summed E-state index contributed by atoms with van der Waals surface area (Å²) in [7, 11) is 1.51. The average molecular weight is 220 g/mol. The van der Waals surface area contributed by atoms with E-state index in [4.69, 9.17) is 14.9 Å². The molecule has 4 N–H and O–H groups in total. The highest BCUT2D eigenvalue weighted by Crippen LogP contribution is 1.84. The molecule has 0 heterocycles. The highest BCUT2D eigenvalue weighted by molar-refractivity contribution is 5.76. The van der Waals surface area contributed by atoms with Crippen LogP contribution in [0.5, 0.6) is 0 Å². The monoisotopic (exact) mass is 220 g/mol. The van der Waals surface area contributed by atoms with E-state index < -0.39 is 18.1 Å². The van der Waals surface area contributed by atoms with E-state index in [-0.39, 0.29) is 12.6 Å². The largest absolute Gasteiger partial charge is 0.479 e. The van der Waals surface area contributed by atoms with Crippen molar-refractivity contribution in [2.45, 2.75) is 19.1 Å². The number of amides is 2. The van der Waals surface area contributed by atoms with Gasteiger partial charge in [-0.15, -0.1) is 0 Å².